The lowest BCUT2D eigenvalue weighted by molar-refractivity contribution is -0.138. The summed E-state index contributed by atoms with van der Waals surface area (Å²) in [5.41, 5.74) is 0.894. The van der Waals surface area contributed by atoms with Crippen LogP contribution in [0, 0.1) is 0 Å². The van der Waals surface area contributed by atoms with E-state index in [4.69, 9.17) is 9.84 Å². The van der Waals surface area contributed by atoms with Crippen molar-refractivity contribution in [2.45, 2.75) is 26.0 Å². The van der Waals surface area contributed by atoms with Gasteiger partial charge in [-0.2, -0.15) is 0 Å². The lowest BCUT2D eigenvalue weighted by Crippen LogP contribution is -2.36. The summed E-state index contributed by atoms with van der Waals surface area (Å²) in [6, 6.07) is 8.92. The lowest BCUT2D eigenvalue weighted by Gasteiger charge is -2.22. The van der Waals surface area contributed by atoms with Gasteiger partial charge in [-0.1, -0.05) is 30.3 Å². The van der Waals surface area contributed by atoms with Crippen LogP contribution in [0.3, 0.4) is 0 Å². The maximum absolute atomic E-state index is 11.7. The van der Waals surface area contributed by atoms with Gasteiger partial charge in [0.05, 0.1) is 6.42 Å². The van der Waals surface area contributed by atoms with Gasteiger partial charge < -0.3 is 14.7 Å². The number of hydrogen-bond donors (Lipinski definition) is 1. The highest BCUT2D eigenvalue weighted by atomic mass is 16.6. The SMILES string of the molecule is CC(CC(=O)O)N(C)C(=O)OCc1ccccc1. The first-order chi connectivity index (χ1) is 8.50. The fourth-order valence-electron chi connectivity index (χ4n) is 1.39. The standard InChI is InChI=1S/C13H17NO4/c1-10(8-12(15)16)14(2)13(17)18-9-11-6-4-3-5-7-11/h3-7,10H,8-9H2,1-2H3,(H,15,16). The third-order valence-electron chi connectivity index (χ3n) is 2.62. The maximum Gasteiger partial charge on any atom is 0.410 e. The van der Waals surface area contributed by atoms with Crippen LogP contribution in [-0.4, -0.2) is 35.2 Å². The normalized spacial score (nSPS) is 11.7. The number of carbonyl (C=O) groups excluding carboxylic acids is 1. The Morgan fingerprint density at radius 1 is 1.33 bits per heavy atom. The Hall–Kier alpha value is -2.04. The zero-order valence-electron chi connectivity index (χ0n) is 10.5. The van der Waals surface area contributed by atoms with Crippen LogP contribution in [0.5, 0.6) is 0 Å². The quantitative estimate of drug-likeness (QED) is 0.870. The first-order valence-corrected chi connectivity index (χ1v) is 5.66. The number of nitrogens with zero attached hydrogens (tertiary/aromatic N) is 1. The highest BCUT2D eigenvalue weighted by molar-refractivity contribution is 5.71. The Balaban J connectivity index is 2.43. The van der Waals surface area contributed by atoms with Crippen LogP contribution in [0.15, 0.2) is 30.3 Å². The van der Waals surface area contributed by atoms with Gasteiger partial charge in [-0.05, 0) is 12.5 Å². The van der Waals surface area contributed by atoms with Gasteiger partial charge in [0.15, 0.2) is 0 Å². The van der Waals surface area contributed by atoms with E-state index in [0.29, 0.717) is 0 Å². The predicted octanol–water partition coefficient (Wildman–Crippen LogP) is 2.12. The molecule has 1 rings (SSSR count). The monoisotopic (exact) mass is 251 g/mol. The summed E-state index contributed by atoms with van der Waals surface area (Å²) >= 11 is 0. The minimum absolute atomic E-state index is 0.100. The number of amides is 1. The summed E-state index contributed by atoms with van der Waals surface area (Å²) in [5, 5.41) is 8.64. The second kappa shape index (κ2) is 6.64. The van der Waals surface area contributed by atoms with Gasteiger partial charge in [0.1, 0.15) is 6.61 Å². The third-order valence-corrected chi connectivity index (χ3v) is 2.62. The molecule has 1 unspecified atom stereocenters. The number of benzene rings is 1. The molecule has 0 aromatic heterocycles. The second-order valence-corrected chi connectivity index (χ2v) is 4.10. The molecule has 0 aliphatic rings. The van der Waals surface area contributed by atoms with E-state index in [1.807, 2.05) is 30.3 Å². The summed E-state index contributed by atoms with van der Waals surface area (Å²) in [5.74, 6) is -0.940. The molecule has 0 radical (unpaired) electrons. The molecule has 1 amide bonds. The van der Waals surface area contributed by atoms with Gasteiger partial charge >= 0.3 is 12.1 Å². The van der Waals surface area contributed by atoms with E-state index in [1.54, 1.807) is 6.92 Å². The zero-order chi connectivity index (χ0) is 13.5. The molecule has 0 heterocycles. The molecule has 5 nitrogen and oxygen atoms in total. The number of carboxylic acids is 1. The molecule has 1 atom stereocenters. The molecule has 0 saturated heterocycles. The fourth-order valence-corrected chi connectivity index (χ4v) is 1.39. The van der Waals surface area contributed by atoms with E-state index in [1.165, 1.54) is 11.9 Å². The molecular weight excluding hydrogens is 234 g/mol. The van der Waals surface area contributed by atoms with Crippen LogP contribution in [-0.2, 0) is 16.1 Å². The molecule has 1 aromatic rings. The second-order valence-electron chi connectivity index (χ2n) is 4.10. The highest BCUT2D eigenvalue weighted by Crippen LogP contribution is 2.06. The van der Waals surface area contributed by atoms with Gasteiger partial charge in [0, 0.05) is 13.1 Å². The Labute approximate surface area is 106 Å². The Morgan fingerprint density at radius 3 is 2.50 bits per heavy atom. The smallest absolute Gasteiger partial charge is 0.410 e. The van der Waals surface area contributed by atoms with Crippen molar-refractivity contribution in [3.05, 3.63) is 35.9 Å². The van der Waals surface area contributed by atoms with E-state index in [2.05, 4.69) is 0 Å². The van der Waals surface area contributed by atoms with Crippen LogP contribution in [0.2, 0.25) is 0 Å². The first-order valence-electron chi connectivity index (χ1n) is 5.66. The molecule has 18 heavy (non-hydrogen) atoms. The maximum atomic E-state index is 11.7. The summed E-state index contributed by atoms with van der Waals surface area (Å²) in [4.78, 5) is 23.5. The van der Waals surface area contributed by atoms with E-state index >= 15 is 0 Å². The topological polar surface area (TPSA) is 66.8 Å². The molecular formula is C13H17NO4. The first kappa shape index (κ1) is 14.0. The van der Waals surface area contributed by atoms with Crippen molar-refractivity contribution in [3.63, 3.8) is 0 Å². The van der Waals surface area contributed by atoms with Crippen molar-refractivity contribution in [1.29, 1.82) is 0 Å². The molecule has 5 heteroatoms. The largest absolute Gasteiger partial charge is 0.481 e. The summed E-state index contributed by atoms with van der Waals surface area (Å²) < 4.78 is 5.09. The fraction of sp³-hybridized carbons (Fsp3) is 0.385. The summed E-state index contributed by atoms with van der Waals surface area (Å²) in [6.07, 6.45) is -0.621. The van der Waals surface area contributed by atoms with Gasteiger partial charge in [-0.3, -0.25) is 4.79 Å². The van der Waals surface area contributed by atoms with Crippen LogP contribution >= 0.6 is 0 Å². The van der Waals surface area contributed by atoms with Crippen LogP contribution in [0.4, 0.5) is 4.79 Å². The minimum Gasteiger partial charge on any atom is -0.481 e. The van der Waals surface area contributed by atoms with Crippen molar-refractivity contribution < 1.29 is 19.4 Å². The average Bonchev–Trinajstić information content (AvgIpc) is 2.35. The van der Waals surface area contributed by atoms with Crippen molar-refractivity contribution in [2.24, 2.45) is 0 Å². The van der Waals surface area contributed by atoms with Crippen molar-refractivity contribution in [1.82, 2.24) is 4.90 Å². The summed E-state index contributed by atoms with van der Waals surface area (Å²) in [6.45, 7) is 1.85. The highest BCUT2D eigenvalue weighted by Gasteiger charge is 2.19. The van der Waals surface area contributed by atoms with Crippen molar-refractivity contribution >= 4 is 12.1 Å². The third kappa shape index (κ3) is 4.45. The van der Waals surface area contributed by atoms with Crippen molar-refractivity contribution in [2.75, 3.05) is 7.05 Å². The van der Waals surface area contributed by atoms with Crippen LogP contribution in [0.25, 0.3) is 0 Å². The van der Waals surface area contributed by atoms with E-state index in [9.17, 15) is 9.59 Å². The van der Waals surface area contributed by atoms with Crippen LogP contribution < -0.4 is 0 Å². The summed E-state index contributed by atoms with van der Waals surface area (Å²) in [7, 11) is 1.53. The van der Waals surface area contributed by atoms with Gasteiger partial charge in [0.2, 0.25) is 0 Å². The van der Waals surface area contributed by atoms with Gasteiger partial charge in [-0.15, -0.1) is 0 Å². The molecule has 0 fully saturated rings. The lowest BCUT2D eigenvalue weighted by atomic mass is 10.2. The number of rotatable bonds is 5. The molecule has 1 N–H and O–H groups in total. The molecule has 0 bridgehead atoms. The van der Waals surface area contributed by atoms with Crippen molar-refractivity contribution in [3.8, 4) is 0 Å². The zero-order valence-corrected chi connectivity index (χ0v) is 10.5. The molecule has 0 aliphatic heterocycles. The number of ether oxygens (including phenoxy) is 1. The number of carbonyl (C=O) groups is 2. The molecule has 0 spiro atoms. The van der Waals surface area contributed by atoms with E-state index in [0.717, 1.165) is 5.56 Å². The Kier molecular flexibility index (Phi) is 5.17. The van der Waals surface area contributed by atoms with Crippen LogP contribution in [0.1, 0.15) is 18.9 Å². The molecule has 0 saturated carbocycles. The molecule has 0 aliphatic carbocycles. The Bertz CT molecular complexity index is 405. The van der Waals surface area contributed by atoms with E-state index in [-0.39, 0.29) is 13.0 Å². The van der Waals surface area contributed by atoms with Gasteiger partial charge in [0.25, 0.3) is 0 Å². The Morgan fingerprint density at radius 2 is 1.94 bits per heavy atom. The minimum atomic E-state index is -0.940. The van der Waals surface area contributed by atoms with E-state index < -0.39 is 18.1 Å². The molecule has 98 valence electrons. The van der Waals surface area contributed by atoms with Gasteiger partial charge in [-0.25, -0.2) is 4.79 Å². The predicted molar refractivity (Wildman–Crippen MR) is 66.1 cm³/mol. The molecule has 1 aromatic carbocycles. The average molecular weight is 251 g/mol. The number of carboxylic acid groups (broad SMARTS) is 1. The number of hydrogen-bond acceptors (Lipinski definition) is 3. The number of aliphatic carboxylic acids is 1.